The van der Waals surface area contributed by atoms with Gasteiger partial charge >= 0.3 is 0 Å². The molecule has 0 aliphatic carbocycles. The number of aromatic nitrogens is 1. The van der Waals surface area contributed by atoms with Crippen LogP contribution in [0.15, 0.2) is 24.3 Å². The standard InChI is InChI=1S/C18H18FN3O2/c1-9-6-10(2)20-11(3)17(9)22-18(24)14-8-16(23)21-15-7-12(19)4-5-13(14)15/h4-7,14H,8H2,1-3H3,(H,21,23)(H,22,24). The van der Waals surface area contributed by atoms with E-state index in [-0.39, 0.29) is 18.2 Å². The van der Waals surface area contributed by atoms with Crippen LogP contribution in [0.5, 0.6) is 0 Å². The first-order valence-electron chi connectivity index (χ1n) is 7.70. The van der Waals surface area contributed by atoms with Crippen LogP contribution in [0.4, 0.5) is 15.8 Å². The van der Waals surface area contributed by atoms with Gasteiger partial charge in [0.2, 0.25) is 11.8 Å². The van der Waals surface area contributed by atoms with E-state index >= 15 is 0 Å². The highest BCUT2D eigenvalue weighted by Crippen LogP contribution is 2.34. The van der Waals surface area contributed by atoms with E-state index in [1.54, 1.807) is 6.07 Å². The number of hydrogen-bond acceptors (Lipinski definition) is 3. The summed E-state index contributed by atoms with van der Waals surface area (Å²) >= 11 is 0. The summed E-state index contributed by atoms with van der Waals surface area (Å²) in [6.45, 7) is 5.61. The molecule has 2 aromatic rings. The zero-order valence-corrected chi connectivity index (χ0v) is 13.7. The Balaban J connectivity index is 1.93. The Morgan fingerprint density at radius 2 is 2.04 bits per heavy atom. The molecule has 3 rings (SSSR count). The van der Waals surface area contributed by atoms with Crippen LogP contribution in [0, 0.1) is 26.6 Å². The van der Waals surface area contributed by atoms with Gasteiger partial charge < -0.3 is 10.6 Å². The van der Waals surface area contributed by atoms with E-state index in [4.69, 9.17) is 0 Å². The number of rotatable bonds is 2. The van der Waals surface area contributed by atoms with Crippen LogP contribution in [-0.4, -0.2) is 16.8 Å². The molecule has 124 valence electrons. The first-order chi connectivity index (χ1) is 11.3. The van der Waals surface area contributed by atoms with Crippen LogP contribution in [0.25, 0.3) is 0 Å². The molecule has 1 aromatic heterocycles. The molecule has 0 radical (unpaired) electrons. The fraction of sp³-hybridized carbons (Fsp3) is 0.278. The van der Waals surface area contributed by atoms with Crippen molar-refractivity contribution in [1.82, 2.24) is 4.98 Å². The van der Waals surface area contributed by atoms with Crippen molar-refractivity contribution < 1.29 is 14.0 Å². The van der Waals surface area contributed by atoms with Gasteiger partial charge in [0.05, 0.1) is 17.3 Å². The van der Waals surface area contributed by atoms with Crippen LogP contribution in [0.1, 0.15) is 34.9 Å². The highest BCUT2D eigenvalue weighted by atomic mass is 19.1. The lowest BCUT2D eigenvalue weighted by Gasteiger charge is -2.25. The number of carbonyl (C=O) groups excluding carboxylic acids is 2. The van der Waals surface area contributed by atoms with E-state index in [9.17, 15) is 14.0 Å². The van der Waals surface area contributed by atoms with Crippen molar-refractivity contribution >= 4 is 23.2 Å². The van der Waals surface area contributed by atoms with Crippen LogP contribution >= 0.6 is 0 Å². The monoisotopic (exact) mass is 327 g/mol. The number of halogens is 1. The molecule has 0 fully saturated rings. The molecular formula is C18H18FN3O2. The maximum Gasteiger partial charge on any atom is 0.232 e. The van der Waals surface area contributed by atoms with Gasteiger partial charge in [-0.1, -0.05) is 6.07 Å². The quantitative estimate of drug-likeness (QED) is 0.890. The van der Waals surface area contributed by atoms with E-state index in [1.807, 2.05) is 26.8 Å². The van der Waals surface area contributed by atoms with Gasteiger partial charge in [-0.2, -0.15) is 0 Å². The predicted octanol–water partition coefficient (Wildman–Crippen LogP) is 3.21. The molecule has 1 aliphatic heterocycles. The summed E-state index contributed by atoms with van der Waals surface area (Å²) < 4.78 is 13.4. The van der Waals surface area contributed by atoms with Gasteiger partial charge in [0, 0.05) is 17.8 Å². The first kappa shape index (κ1) is 16.1. The molecule has 1 unspecified atom stereocenters. The molecule has 2 heterocycles. The molecule has 1 aliphatic rings. The molecule has 5 nitrogen and oxygen atoms in total. The van der Waals surface area contributed by atoms with Gasteiger partial charge in [-0.05, 0) is 50.1 Å². The van der Waals surface area contributed by atoms with Crippen LogP contribution in [0.2, 0.25) is 0 Å². The summed E-state index contributed by atoms with van der Waals surface area (Å²) in [5.41, 5.74) is 4.13. The van der Waals surface area contributed by atoms with E-state index in [1.165, 1.54) is 12.1 Å². The number of anilines is 2. The van der Waals surface area contributed by atoms with Gasteiger partial charge in [0.25, 0.3) is 0 Å². The average molecular weight is 327 g/mol. The van der Waals surface area contributed by atoms with Crippen LogP contribution in [-0.2, 0) is 9.59 Å². The molecule has 1 atom stereocenters. The Morgan fingerprint density at radius 3 is 2.75 bits per heavy atom. The molecule has 0 saturated heterocycles. The maximum absolute atomic E-state index is 13.4. The highest BCUT2D eigenvalue weighted by molar-refractivity contribution is 6.05. The third-order valence-corrected chi connectivity index (χ3v) is 4.14. The maximum atomic E-state index is 13.4. The average Bonchev–Trinajstić information content (AvgIpc) is 2.49. The van der Waals surface area contributed by atoms with Crippen molar-refractivity contribution in [3.8, 4) is 0 Å². The summed E-state index contributed by atoms with van der Waals surface area (Å²) in [6.07, 6.45) is 0.0296. The minimum atomic E-state index is -0.658. The number of benzene rings is 1. The molecule has 6 heteroatoms. The summed E-state index contributed by atoms with van der Waals surface area (Å²) in [4.78, 5) is 29.0. The zero-order valence-electron chi connectivity index (χ0n) is 13.7. The van der Waals surface area contributed by atoms with Crippen molar-refractivity contribution in [3.63, 3.8) is 0 Å². The minimum absolute atomic E-state index is 0.0296. The lowest BCUT2D eigenvalue weighted by atomic mass is 9.89. The third-order valence-electron chi connectivity index (χ3n) is 4.14. The molecule has 0 bridgehead atoms. The second-order valence-electron chi connectivity index (χ2n) is 6.07. The van der Waals surface area contributed by atoms with Crippen molar-refractivity contribution in [3.05, 3.63) is 52.6 Å². The Morgan fingerprint density at radius 1 is 1.29 bits per heavy atom. The molecular weight excluding hydrogens is 309 g/mol. The second-order valence-corrected chi connectivity index (χ2v) is 6.07. The molecule has 2 amide bonds. The number of pyridine rings is 1. The molecule has 24 heavy (non-hydrogen) atoms. The topological polar surface area (TPSA) is 71.1 Å². The first-order valence-corrected chi connectivity index (χ1v) is 7.70. The number of hydrogen-bond donors (Lipinski definition) is 2. The zero-order chi connectivity index (χ0) is 17.4. The Hall–Kier alpha value is -2.76. The lowest BCUT2D eigenvalue weighted by Crippen LogP contribution is -2.31. The Kier molecular flexibility index (Phi) is 4.05. The number of fused-ring (bicyclic) bond motifs is 1. The van der Waals surface area contributed by atoms with Crippen molar-refractivity contribution in [2.45, 2.75) is 33.1 Å². The highest BCUT2D eigenvalue weighted by Gasteiger charge is 2.31. The number of nitrogens with one attached hydrogen (secondary N) is 2. The third kappa shape index (κ3) is 2.99. The lowest BCUT2D eigenvalue weighted by molar-refractivity contribution is -0.123. The van der Waals surface area contributed by atoms with Gasteiger partial charge in [-0.15, -0.1) is 0 Å². The van der Waals surface area contributed by atoms with E-state index in [0.717, 1.165) is 17.0 Å². The molecule has 2 N–H and O–H groups in total. The van der Waals surface area contributed by atoms with Gasteiger partial charge in [0.15, 0.2) is 0 Å². The molecule has 0 saturated carbocycles. The van der Waals surface area contributed by atoms with E-state index < -0.39 is 11.7 Å². The van der Waals surface area contributed by atoms with Crippen LogP contribution < -0.4 is 10.6 Å². The summed E-state index contributed by atoms with van der Waals surface area (Å²) in [5, 5.41) is 5.48. The fourth-order valence-corrected chi connectivity index (χ4v) is 3.09. The van der Waals surface area contributed by atoms with Crippen molar-refractivity contribution in [2.24, 2.45) is 0 Å². The summed E-state index contributed by atoms with van der Waals surface area (Å²) in [5.74, 6) is -1.71. The molecule has 0 spiro atoms. The minimum Gasteiger partial charge on any atom is -0.326 e. The molecule has 1 aromatic carbocycles. The van der Waals surface area contributed by atoms with Crippen molar-refractivity contribution in [2.75, 3.05) is 10.6 Å². The fourth-order valence-electron chi connectivity index (χ4n) is 3.09. The Bertz CT molecular complexity index is 825. The van der Waals surface area contributed by atoms with Gasteiger partial charge in [0.1, 0.15) is 5.82 Å². The summed E-state index contributed by atoms with van der Waals surface area (Å²) in [7, 11) is 0. The number of nitrogens with zero attached hydrogens (tertiary/aromatic N) is 1. The van der Waals surface area contributed by atoms with E-state index in [2.05, 4.69) is 15.6 Å². The predicted molar refractivity (Wildman–Crippen MR) is 89.5 cm³/mol. The van der Waals surface area contributed by atoms with Crippen molar-refractivity contribution in [1.29, 1.82) is 0 Å². The smallest absolute Gasteiger partial charge is 0.232 e. The normalized spacial score (nSPS) is 16.3. The van der Waals surface area contributed by atoms with Gasteiger partial charge in [-0.25, -0.2) is 4.39 Å². The number of carbonyl (C=O) groups is 2. The number of aryl methyl sites for hydroxylation is 3. The largest absolute Gasteiger partial charge is 0.326 e. The van der Waals surface area contributed by atoms with E-state index in [0.29, 0.717) is 16.9 Å². The second kappa shape index (κ2) is 6.03. The van der Waals surface area contributed by atoms with Gasteiger partial charge in [-0.3, -0.25) is 14.6 Å². The Labute approximate surface area is 139 Å². The summed E-state index contributed by atoms with van der Waals surface area (Å²) in [6, 6.07) is 5.96. The number of amides is 2. The van der Waals surface area contributed by atoms with Crippen LogP contribution in [0.3, 0.4) is 0 Å². The SMILES string of the molecule is Cc1cc(C)c(NC(=O)C2CC(=O)Nc3cc(F)ccc32)c(C)n1.